The van der Waals surface area contributed by atoms with Gasteiger partial charge in [0.1, 0.15) is 0 Å². The number of ether oxygens (including phenoxy) is 2. The third kappa shape index (κ3) is 1.34. The zero-order valence-corrected chi connectivity index (χ0v) is 8.95. The van der Waals surface area contributed by atoms with Crippen LogP contribution in [0.25, 0.3) is 11.0 Å². The molecule has 18 heavy (non-hydrogen) atoms. The fraction of sp³-hybridized carbons (Fsp3) is 0.300. The van der Waals surface area contributed by atoms with Crippen LogP contribution in [-0.4, -0.2) is 21.8 Å². The van der Waals surface area contributed by atoms with Crippen LogP contribution in [0.2, 0.25) is 0 Å². The molecule has 0 aliphatic carbocycles. The number of aryl methyl sites for hydroxylation is 1. The van der Waals surface area contributed by atoms with Gasteiger partial charge in [0.05, 0.1) is 17.4 Å². The maximum absolute atomic E-state index is 13.0. The average molecular weight is 262 g/mol. The molecule has 2 aromatic rings. The van der Waals surface area contributed by atoms with Crippen LogP contribution in [-0.2, 0) is 7.05 Å². The minimum atomic E-state index is -4.71. The molecule has 0 unspecified atom stereocenters. The Morgan fingerprint density at radius 3 is 2.22 bits per heavy atom. The molecule has 2 heterocycles. The molecule has 0 fully saturated rings. The first-order chi connectivity index (χ1) is 8.30. The lowest BCUT2D eigenvalue weighted by atomic mass is 10.2. The first-order valence-corrected chi connectivity index (χ1v) is 4.89. The minimum absolute atomic E-state index is 0.348. The molecular weight excluding hydrogens is 256 g/mol. The normalized spacial score (nSPS) is 20.1. The predicted octanol–water partition coefficient (Wildman–Crippen LogP) is 2.53. The molecule has 8 heteroatoms. The number of halogens is 4. The fourth-order valence-corrected chi connectivity index (χ4v) is 1.69. The van der Waals surface area contributed by atoms with Crippen molar-refractivity contribution in [2.24, 2.45) is 7.05 Å². The molecule has 0 saturated carbocycles. The van der Waals surface area contributed by atoms with Gasteiger partial charge in [-0.3, -0.25) is 0 Å². The predicted molar refractivity (Wildman–Crippen MR) is 51.9 cm³/mol. The molecule has 1 aliphatic rings. The van der Waals surface area contributed by atoms with Crippen LogP contribution >= 0.6 is 0 Å². The number of hydrogen-bond acceptors (Lipinski definition) is 3. The number of benzene rings is 1. The first kappa shape index (κ1) is 11.1. The molecule has 0 spiro atoms. The molecule has 1 aliphatic heterocycles. The highest BCUT2D eigenvalue weighted by Crippen LogP contribution is 2.47. The van der Waals surface area contributed by atoms with E-state index in [-0.39, 0.29) is 0 Å². The lowest BCUT2D eigenvalue weighted by molar-refractivity contribution is -0.391. The van der Waals surface area contributed by atoms with Gasteiger partial charge >= 0.3 is 12.2 Å². The van der Waals surface area contributed by atoms with Crippen LogP contribution in [0.1, 0.15) is 0 Å². The van der Waals surface area contributed by atoms with Crippen LogP contribution in [0, 0.1) is 0 Å². The van der Waals surface area contributed by atoms with E-state index in [2.05, 4.69) is 14.5 Å². The molecule has 1 aromatic heterocycles. The lowest BCUT2D eigenvalue weighted by Gasteiger charge is -2.31. The zero-order chi connectivity index (χ0) is 13.1. The number of aromatic nitrogens is 2. The summed E-state index contributed by atoms with van der Waals surface area (Å²) in [7, 11) is 1.64. The number of fused-ring (bicyclic) bond motifs is 2. The van der Waals surface area contributed by atoms with Gasteiger partial charge in [-0.15, -0.1) is 0 Å². The van der Waals surface area contributed by atoms with Gasteiger partial charge in [0.15, 0.2) is 11.5 Å². The second-order valence-corrected chi connectivity index (χ2v) is 3.88. The van der Waals surface area contributed by atoms with Gasteiger partial charge in [-0.1, -0.05) is 0 Å². The Hall–Kier alpha value is -1.99. The van der Waals surface area contributed by atoms with Crippen molar-refractivity contribution in [2.75, 3.05) is 0 Å². The molecular formula is C10H6F4N2O2. The maximum atomic E-state index is 13.0. The summed E-state index contributed by atoms with van der Waals surface area (Å²) in [5.41, 5.74) is 0.819. The quantitative estimate of drug-likeness (QED) is 0.684. The molecule has 0 N–H and O–H groups in total. The summed E-state index contributed by atoms with van der Waals surface area (Å²) in [6.07, 6.45) is -7.98. The smallest absolute Gasteiger partial charge is 0.421 e. The van der Waals surface area contributed by atoms with Crippen molar-refractivity contribution < 1.29 is 27.0 Å². The lowest BCUT2D eigenvalue weighted by Crippen LogP contribution is -2.52. The molecule has 0 bridgehead atoms. The van der Waals surface area contributed by atoms with Crippen molar-refractivity contribution in [1.82, 2.24) is 9.55 Å². The topological polar surface area (TPSA) is 36.3 Å². The van der Waals surface area contributed by atoms with Crippen LogP contribution in [0.5, 0.6) is 11.5 Å². The summed E-state index contributed by atoms with van der Waals surface area (Å²) in [4.78, 5) is 3.91. The first-order valence-electron chi connectivity index (χ1n) is 4.89. The van der Waals surface area contributed by atoms with E-state index in [1.54, 1.807) is 11.6 Å². The molecule has 0 saturated heterocycles. The van der Waals surface area contributed by atoms with E-state index >= 15 is 0 Å². The van der Waals surface area contributed by atoms with Crippen LogP contribution in [0.15, 0.2) is 18.5 Å². The van der Waals surface area contributed by atoms with Crippen molar-refractivity contribution >= 4 is 11.0 Å². The van der Waals surface area contributed by atoms with E-state index in [9.17, 15) is 17.6 Å². The third-order valence-electron chi connectivity index (χ3n) is 2.61. The summed E-state index contributed by atoms with van der Waals surface area (Å²) in [5.74, 6) is -0.904. The van der Waals surface area contributed by atoms with Crippen molar-refractivity contribution in [1.29, 1.82) is 0 Å². The summed E-state index contributed by atoms with van der Waals surface area (Å²) in [5, 5.41) is 0. The molecule has 0 amide bonds. The third-order valence-corrected chi connectivity index (χ3v) is 2.61. The van der Waals surface area contributed by atoms with Crippen molar-refractivity contribution in [3.63, 3.8) is 0 Å². The Kier molecular flexibility index (Phi) is 1.89. The van der Waals surface area contributed by atoms with E-state index in [0.29, 0.717) is 11.0 Å². The molecule has 0 atom stereocenters. The fourth-order valence-electron chi connectivity index (χ4n) is 1.69. The Bertz CT molecular complexity index is 638. The number of nitrogens with zero attached hydrogens (tertiary/aromatic N) is 2. The largest absolute Gasteiger partial charge is 0.507 e. The van der Waals surface area contributed by atoms with Crippen LogP contribution < -0.4 is 9.47 Å². The Balaban J connectivity index is 2.20. The zero-order valence-electron chi connectivity index (χ0n) is 8.95. The molecule has 1 aromatic carbocycles. The van der Waals surface area contributed by atoms with Crippen molar-refractivity contribution in [3.05, 3.63) is 18.5 Å². The van der Waals surface area contributed by atoms with Crippen molar-refractivity contribution in [3.8, 4) is 11.5 Å². The van der Waals surface area contributed by atoms with Gasteiger partial charge in [-0.25, -0.2) is 4.98 Å². The molecule has 4 nitrogen and oxygen atoms in total. The highest BCUT2D eigenvalue weighted by molar-refractivity contribution is 5.80. The highest BCUT2D eigenvalue weighted by Gasteiger charge is 2.66. The van der Waals surface area contributed by atoms with E-state index in [4.69, 9.17) is 0 Å². The van der Waals surface area contributed by atoms with Crippen LogP contribution in [0.3, 0.4) is 0 Å². The minimum Gasteiger partial charge on any atom is -0.421 e. The number of alkyl halides is 4. The van der Waals surface area contributed by atoms with Crippen LogP contribution in [0.4, 0.5) is 17.6 Å². The van der Waals surface area contributed by atoms with Gasteiger partial charge in [-0.2, -0.15) is 17.6 Å². The summed E-state index contributed by atoms with van der Waals surface area (Å²) in [6.45, 7) is 0. The van der Waals surface area contributed by atoms with Gasteiger partial charge in [0.2, 0.25) is 0 Å². The van der Waals surface area contributed by atoms with E-state index in [1.807, 2.05) is 0 Å². The number of imidazole rings is 1. The Morgan fingerprint density at radius 1 is 1.06 bits per heavy atom. The molecule has 3 rings (SSSR count). The average Bonchev–Trinajstić information content (AvgIpc) is 2.58. The standard InChI is InChI=1S/C10H6F4N2O2/c1-16-4-15-5-2-7-8(3-6(5)16)18-10(13,14)9(11,12)17-7/h2-4H,1H3. The second-order valence-electron chi connectivity index (χ2n) is 3.88. The van der Waals surface area contributed by atoms with E-state index in [0.717, 1.165) is 6.07 Å². The highest BCUT2D eigenvalue weighted by atomic mass is 19.3. The second kappa shape index (κ2) is 3.06. The number of hydrogen-bond donors (Lipinski definition) is 0. The summed E-state index contributed by atoms with van der Waals surface area (Å²) in [6, 6.07) is 2.31. The van der Waals surface area contributed by atoms with E-state index < -0.39 is 23.7 Å². The molecule has 96 valence electrons. The van der Waals surface area contributed by atoms with Gasteiger partial charge in [0, 0.05) is 19.2 Å². The van der Waals surface area contributed by atoms with Gasteiger partial charge in [-0.05, 0) is 0 Å². The van der Waals surface area contributed by atoms with E-state index in [1.165, 1.54) is 12.4 Å². The summed E-state index contributed by atoms with van der Waals surface area (Å²) < 4.78 is 61.4. The number of rotatable bonds is 0. The maximum Gasteiger partial charge on any atom is 0.507 e. The summed E-state index contributed by atoms with van der Waals surface area (Å²) >= 11 is 0. The molecule has 0 radical (unpaired) electrons. The Labute approximate surface area is 97.7 Å². The van der Waals surface area contributed by atoms with Gasteiger partial charge in [0.25, 0.3) is 0 Å². The SMILES string of the molecule is Cn1cnc2cc3c(cc21)OC(F)(F)C(F)(F)O3. The van der Waals surface area contributed by atoms with Crippen molar-refractivity contribution in [2.45, 2.75) is 12.2 Å². The Morgan fingerprint density at radius 2 is 1.61 bits per heavy atom. The monoisotopic (exact) mass is 262 g/mol. The van der Waals surface area contributed by atoms with Gasteiger partial charge < -0.3 is 14.0 Å².